The Morgan fingerprint density at radius 3 is 0.847 bits per heavy atom. The van der Waals surface area contributed by atoms with Crippen molar-refractivity contribution in [2.24, 2.45) is 0 Å². The average Bonchev–Trinajstić information content (AvgIpc) is 3.38. The number of carbonyl (C=O) groups excluding carboxylic acids is 3. The van der Waals surface area contributed by atoms with E-state index in [9.17, 15) is 14.4 Å². The molecule has 0 saturated carbocycles. The summed E-state index contributed by atoms with van der Waals surface area (Å²) in [6.45, 7) is 6.51. The fraction of sp³-hybridized carbons (Fsp3) is 0.803. The van der Waals surface area contributed by atoms with Gasteiger partial charge in [0.1, 0.15) is 13.2 Å². The molecule has 0 heterocycles. The molecule has 0 bridgehead atoms. The van der Waals surface area contributed by atoms with Gasteiger partial charge in [-0.05, 0) is 64.2 Å². The molecule has 0 aliphatic heterocycles. The molecular formula is C66H118O6. The molecule has 0 amide bonds. The van der Waals surface area contributed by atoms with Gasteiger partial charge in [-0.1, -0.05) is 300 Å². The van der Waals surface area contributed by atoms with Crippen molar-refractivity contribution in [2.45, 2.75) is 329 Å². The van der Waals surface area contributed by atoms with Crippen molar-refractivity contribution in [2.75, 3.05) is 13.2 Å². The van der Waals surface area contributed by atoms with E-state index in [-0.39, 0.29) is 31.1 Å². The molecule has 0 fully saturated rings. The fourth-order valence-corrected chi connectivity index (χ4v) is 9.12. The Hall–Kier alpha value is -2.89. The standard InChI is InChI=1S/C66H118O6/c1-4-7-10-13-16-18-20-22-24-26-27-28-29-30-31-32-33-34-35-36-37-38-39-41-42-44-46-48-50-53-56-59-65(68)71-62-63(61-70-64(67)58-55-52-15-12-9-6-3)72-66(69)60-57-54-51-49-47-45-43-40-25-23-21-19-17-14-11-8-5-2/h7,10,16,18,22,24,27-28,30-31,63H,4-6,8-9,11-15,17,19-21,23,25-26,29,32-62H2,1-3H3/b10-7-,18-16-,24-22-,28-27-,31-30-. The van der Waals surface area contributed by atoms with E-state index >= 15 is 0 Å². The van der Waals surface area contributed by atoms with Crippen molar-refractivity contribution < 1.29 is 28.6 Å². The Morgan fingerprint density at radius 1 is 0.292 bits per heavy atom. The topological polar surface area (TPSA) is 78.9 Å². The highest BCUT2D eigenvalue weighted by atomic mass is 16.6. The van der Waals surface area contributed by atoms with Gasteiger partial charge in [-0.2, -0.15) is 0 Å². The van der Waals surface area contributed by atoms with Crippen molar-refractivity contribution in [1.29, 1.82) is 0 Å². The van der Waals surface area contributed by atoms with E-state index in [1.165, 1.54) is 193 Å². The zero-order chi connectivity index (χ0) is 52.2. The molecule has 0 aromatic rings. The van der Waals surface area contributed by atoms with E-state index in [1.54, 1.807) is 0 Å². The smallest absolute Gasteiger partial charge is 0.306 e. The summed E-state index contributed by atoms with van der Waals surface area (Å²) in [7, 11) is 0. The average molecular weight is 1010 g/mol. The van der Waals surface area contributed by atoms with Crippen LogP contribution in [0, 0.1) is 0 Å². The number of hydrogen-bond donors (Lipinski definition) is 0. The van der Waals surface area contributed by atoms with Crippen LogP contribution in [0.15, 0.2) is 60.8 Å². The number of hydrogen-bond acceptors (Lipinski definition) is 6. The lowest BCUT2D eigenvalue weighted by molar-refractivity contribution is -0.167. The molecule has 0 N–H and O–H groups in total. The maximum Gasteiger partial charge on any atom is 0.306 e. The number of ether oxygens (including phenoxy) is 3. The molecule has 0 aliphatic carbocycles. The number of allylic oxidation sites excluding steroid dienone is 10. The van der Waals surface area contributed by atoms with Crippen LogP contribution in [0.1, 0.15) is 323 Å². The lowest BCUT2D eigenvalue weighted by Gasteiger charge is -2.18. The molecule has 6 heteroatoms. The first kappa shape index (κ1) is 69.1. The number of carbonyl (C=O) groups is 3. The predicted molar refractivity (Wildman–Crippen MR) is 312 cm³/mol. The van der Waals surface area contributed by atoms with E-state index in [2.05, 4.69) is 81.5 Å². The second kappa shape index (κ2) is 60.7. The molecule has 1 atom stereocenters. The van der Waals surface area contributed by atoms with Gasteiger partial charge in [0.2, 0.25) is 0 Å². The Labute approximate surface area is 447 Å². The minimum Gasteiger partial charge on any atom is -0.462 e. The van der Waals surface area contributed by atoms with Crippen LogP contribution < -0.4 is 0 Å². The predicted octanol–water partition coefficient (Wildman–Crippen LogP) is 21.2. The molecule has 72 heavy (non-hydrogen) atoms. The molecule has 0 aliphatic rings. The van der Waals surface area contributed by atoms with Crippen LogP contribution in [0.4, 0.5) is 0 Å². The summed E-state index contributed by atoms with van der Waals surface area (Å²) in [6.07, 6.45) is 76.9. The van der Waals surface area contributed by atoms with E-state index in [0.29, 0.717) is 19.3 Å². The quantitative estimate of drug-likeness (QED) is 0.0261. The highest BCUT2D eigenvalue weighted by Crippen LogP contribution is 2.17. The van der Waals surface area contributed by atoms with Gasteiger partial charge >= 0.3 is 17.9 Å². The number of unbranched alkanes of at least 4 members (excludes halogenated alkanes) is 36. The Balaban J connectivity index is 4.00. The monoisotopic (exact) mass is 1010 g/mol. The minimum atomic E-state index is -0.767. The first-order chi connectivity index (χ1) is 35.5. The van der Waals surface area contributed by atoms with Crippen LogP contribution >= 0.6 is 0 Å². The van der Waals surface area contributed by atoms with Crippen molar-refractivity contribution in [3.63, 3.8) is 0 Å². The lowest BCUT2D eigenvalue weighted by Crippen LogP contribution is -2.30. The first-order valence-electron chi connectivity index (χ1n) is 31.3. The zero-order valence-electron chi connectivity index (χ0n) is 47.9. The highest BCUT2D eigenvalue weighted by molar-refractivity contribution is 5.71. The van der Waals surface area contributed by atoms with Crippen molar-refractivity contribution in [3.8, 4) is 0 Å². The molecule has 0 aromatic carbocycles. The largest absolute Gasteiger partial charge is 0.462 e. The molecule has 0 saturated heterocycles. The van der Waals surface area contributed by atoms with Crippen molar-refractivity contribution in [1.82, 2.24) is 0 Å². The van der Waals surface area contributed by atoms with Gasteiger partial charge in [0.05, 0.1) is 0 Å². The third-order valence-corrected chi connectivity index (χ3v) is 13.8. The van der Waals surface area contributed by atoms with Crippen LogP contribution in [0.5, 0.6) is 0 Å². The zero-order valence-corrected chi connectivity index (χ0v) is 47.9. The molecule has 6 nitrogen and oxygen atoms in total. The van der Waals surface area contributed by atoms with Gasteiger partial charge in [0, 0.05) is 19.3 Å². The third kappa shape index (κ3) is 58.0. The van der Waals surface area contributed by atoms with Crippen molar-refractivity contribution in [3.05, 3.63) is 60.8 Å². The maximum atomic E-state index is 12.8. The van der Waals surface area contributed by atoms with E-state index in [1.807, 2.05) is 0 Å². The van der Waals surface area contributed by atoms with E-state index < -0.39 is 6.10 Å². The Kier molecular flexibility index (Phi) is 58.2. The van der Waals surface area contributed by atoms with Gasteiger partial charge in [0.25, 0.3) is 0 Å². The first-order valence-corrected chi connectivity index (χ1v) is 31.3. The molecule has 418 valence electrons. The molecule has 0 aromatic heterocycles. The number of rotatable bonds is 57. The summed E-state index contributed by atoms with van der Waals surface area (Å²) in [5.74, 6) is -0.862. The molecule has 0 rings (SSSR count). The van der Waals surface area contributed by atoms with Gasteiger partial charge in [-0.3, -0.25) is 14.4 Å². The lowest BCUT2D eigenvalue weighted by atomic mass is 10.0. The summed E-state index contributed by atoms with van der Waals surface area (Å²) in [4.78, 5) is 37.9. The van der Waals surface area contributed by atoms with Crippen LogP contribution in [0.3, 0.4) is 0 Å². The van der Waals surface area contributed by atoms with E-state index in [0.717, 1.165) is 89.9 Å². The van der Waals surface area contributed by atoms with Gasteiger partial charge in [-0.15, -0.1) is 0 Å². The van der Waals surface area contributed by atoms with Crippen LogP contribution in [-0.2, 0) is 28.6 Å². The normalized spacial score (nSPS) is 12.4. The fourth-order valence-electron chi connectivity index (χ4n) is 9.12. The second-order valence-electron chi connectivity index (χ2n) is 21.0. The molecule has 0 spiro atoms. The second-order valence-corrected chi connectivity index (χ2v) is 21.0. The summed E-state index contributed by atoms with van der Waals surface area (Å²) in [5, 5.41) is 0. The van der Waals surface area contributed by atoms with E-state index in [4.69, 9.17) is 14.2 Å². The SMILES string of the molecule is CC/C=C\C/C=C\C/C=C\C/C=C\C/C=C\CCCCCCCCCCCCCCCCCC(=O)OCC(COC(=O)CCCCCCCC)OC(=O)CCCCCCCCCCCCCCCCCCC. The summed E-state index contributed by atoms with van der Waals surface area (Å²) in [6, 6.07) is 0. The van der Waals surface area contributed by atoms with Crippen LogP contribution in [0.2, 0.25) is 0 Å². The Bertz CT molecular complexity index is 1290. The van der Waals surface area contributed by atoms with Crippen LogP contribution in [-0.4, -0.2) is 37.2 Å². The third-order valence-electron chi connectivity index (χ3n) is 13.8. The molecular weight excluding hydrogens is 889 g/mol. The molecule has 0 radical (unpaired) electrons. The van der Waals surface area contributed by atoms with Crippen molar-refractivity contribution >= 4 is 17.9 Å². The summed E-state index contributed by atoms with van der Waals surface area (Å²) >= 11 is 0. The number of esters is 3. The van der Waals surface area contributed by atoms with Gasteiger partial charge in [0.15, 0.2) is 6.10 Å². The molecule has 1 unspecified atom stereocenters. The van der Waals surface area contributed by atoms with Gasteiger partial charge < -0.3 is 14.2 Å². The minimum absolute atomic E-state index is 0.0691. The highest BCUT2D eigenvalue weighted by Gasteiger charge is 2.19. The Morgan fingerprint density at radius 2 is 0.542 bits per heavy atom. The maximum absolute atomic E-state index is 12.8. The summed E-state index contributed by atoms with van der Waals surface area (Å²) in [5.41, 5.74) is 0. The van der Waals surface area contributed by atoms with Crippen LogP contribution in [0.25, 0.3) is 0 Å². The summed E-state index contributed by atoms with van der Waals surface area (Å²) < 4.78 is 16.8. The van der Waals surface area contributed by atoms with Gasteiger partial charge in [-0.25, -0.2) is 0 Å².